The van der Waals surface area contributed by atoms with Gasteiger partial charge in [0.25, 0.3) is 5.91 Å². The number of fused-ring (bicyclic) bond motifs is 3. The molecule has 34 heavy (non-hydrogen) atoms. The standard InChI is InChI=1S/C29H29N3O2/c33-29(23-14-17-28-26(19-23)25-10-4-5-11-27(25)31-28)32-30-20-22-12-15-24(16-13-22)34-18-6-9-21-7-2-1-3-8-21/h1-3,7-8,12-17,19-20,31H,4-6,9-11,18H2,(H,32,33)/b30-20-. The highest BCUT2D eigenvalue weighted by Gasteiger charge is 2.16. The van der Waals surface area contributed by atoms with Gasteiger partial charge in [0.1, 0.15) is 5.75 Å². The van der Waals surface area contributed by atoms with Crippen LogP contribution in [0.25, 0.3) is 10.9 Å². The normalized spacial score (nSPS) is 13.2. The Morgan fingerprint density at radius 2 is 1.82 bits per heavy atom. The number of nitrogens with zero attached hydrogens (tertiary/aromatic N) is 1. The van der Waals surface area contributed by atoms with Crippen molar-refractivity contribution in [1.82, 2.24) is 10.4 Å². The minimum absolute atomic E-state index is 0.206. The molecule has 1 heterocycles. The van der Waals surface area contributed by atoms with E-state index in [0.29, 0.717) is 12.2 Å². The summed E-state index contributed by atoms with van der Waals surface area (Å²) in [5, 5.41) is 5.30. The Labute approximate surface area is 199 Å². The van der Waals surface area contributed by atoms with Crippen LogP contribution in [0, 0.1) is 0 Å². The minimum atomic E-state index is -0.206. The summed E-state index contributed by atoms with van der Waals surface area (Å²) in [6.45, 7) is 0.674. The molecule has 0 spiro atoms. The third-order valence-corrected chi connectivity index (χ3v) is 6.34. The number of hydrazone groups is 1. The zero-order chi connectivity index (χ0) is 23.2. The molecule has 0 saturated heterocycles. The Bertz CT molecular complexity index is 1290. The molecule has 0 aliphatic heterocycles. The number of aryl methyl sites for hydroxylation is 3. The second-order valence-electron chi connectivity index (χ2n) is 8.76. The van der Waals surface area contributed by atoms with Crippen molar-refractivity contribution in [3.8, 4) is 5.75 Å². The highest BCUT2D eigenvalue weighted by Crippen LogP contribution is 2.29. The predicted molar refractivity (Wildman–Crippen MR) is 137 cm³/mol. The maximum absolute atomic E-state index is 12.6. The largest absolute Gasteiger partial charge is 0.494 e. The second-order valence-corrected chi connectivity index (χ2v) is 8.76. The lowest BCUT2D eigenvalue weighted by Crippen LogP contribution is -2.17. The summed E-state index contributed by atoms with van der Waals surface area (Å²) in [6.07, 6.45) is 8.22. The average molecular weight is 452 g/mol. The maximum atomic E-state index is 12.6. The molecule has 0 unspecified atom stereocenters. The molecule has 3 aromatic carbocycles. The Hall–Kier alpha value is -3.86. The molecule has 5 nitrogen and oxygen atoms in total. The molecule has 1 aromatic heterocycles. The van der Waals surface area contributed by atoms with E-state index in [2.05, 4.69) is 39.8 Å². The number of hydrogen-bond acceptors (Lipinski definition) is 3. The second kappa shape index (κ2) is 10.4. The fraction of sp³-hybridized carbons (Fsp3) is 0.241. The molecule has 4 aromatic rings. The van der Waals surface area contributed by atoms with Gasteiger partial charge in [0.2, 0.25) is 0 Å². The number of carbonyl (C=O) groups is 1. The number of benzene rings is 3. The van der Waals surface area contributed by atoms with Crippen molar-refractivity contribution >= 4 is 23.0 Å². The molecule has 172 valence electrons. The summed E-state index contributed by atoms with van der Waals surface area (Å²) < 4.78 is 5.83. The number of hydrogen-bond donors (Lipinski definition) is 2. The quantitative estimate of drug-likeness (QED) is 0.201. The number of H-pyrrole nitrogens is 1. The highest BCUT2D eigenvalue weighted by atomic mass is 16.5. The lowest BCUT2D eigenvalue weighted by atomic mass is 9.95. The van der Waals surface area contributed by atoms with Crippen molar-refractivity contribution < 1.29 is 9.53 Å². The van der Waals surface area contributed by atoms with Gasteiger partial charge in [-0.1, -0.05) is 30.3 Å². The molecule has 0 saturated carbocycles. The Balaban J connectivity index is 1.12. The van der Waals surface area contributed by atoms with Crippen molar-refractivity contribution in [3.63, 3.8) is 0 Å². The molecule has 0 atom stereocenters. The number of amides is 1. The summed E-state index contributed by atoms with van der Waals surface area (Å²) in [4.78, 5) is 16.1. The molecule has 0 radical (unpaired) electrons. The van der Waals surface area contributed by atoms with Crippen molar-refractivity contribution in [2.24, 2.45) is 5.10 Å². The van der Waals surface area contributed by atoms with Gasteiger partial charge >= 0.3 is 0 Å². The summed E-state index contributed by atoms with van der Waals surface area (Å²) >= 11 is 0. The first-order chi connectivity index (χ1) is 16.8. The molecule has 1 amide bonds. The number of nitrogens with one attached hydrogen (secondary N) is 2. The van der Waals surface area contributed by atoms with Crippen LogP contribution in [-0.4, -0.2) is 23.7 Å². The van der Waals surface area contributed by atoms with Gasteiger partial charge in [0.05, 0.1) is 12.8 Å². The summed E-state index contributed by atoms with van der Waals surface area (Å²) in [6, 6.07) is 24.0. The van der Waals surface area contributed by atoms with E-state index in [-0.39, 0.29) is 5.91 Å². The third kappa shape index (κ3) is 5.20. The van der Waals surface area contributed by atoms with Gasteiger partial charge in [-0.25, -0.2) is 5.43 Å². The SMILES string of the molecule is O=C(N/N=C\c1ccc(OCCCc2ccccc2)cc1)c1ccc2[nH]c3c(c2c1)CCCC3. The van der Waals surface area contributed by atoms with Crippen molar-refractivity contribution in [2.75, 3.05) is 6.61 Å². The van der Waals surface area contributed by atoms with Crippen molar-refractivity contribution in [3.05, 3.63) is 101 Å². The molecule has 5 rings (SSSR count). The van der Waals surface area contributed by atoms with Crippen LogP contribution in [0.1, 0.15) is 52.0 Å². The monoisotopic (exact) mass is 451 g/mol. The third-order valence-electron chi connectivity index (χ3n) is 6.34. The van der Waals surface area contributed by atoms with Crippen LogP contribution in [0.4, 0.5) is 0 Å². The first-order valence-electron chi connectivity index (χ1n) is 12.0. The number of aromatic amines is 1. The number of rotatable bonds is 8. The van der Waals surface area contributed by atoms with Gasteiger partial charge in [-0.3, -0.25) is 4.79 Å². The topological polar surface area (TPSA) is 66.5 Å². The van der Waals surface area contributed by atoms with Crippen LogP contribution in [0.2, 0.25) is 0 Å². The smallest absolute Gasteiger partial charge is 0.271 e. The van der Waals surface area contributed by atoms with Crippen LogP contribution in [0.3, 0.4) is 0 Å². The molecule has 5 heteroatoms. The summed E-state index contributed by atoms with van der Waals surface area (Å²) in [5.41, 5.74) is 9.28. The highest BCUT2D eigenvalue weighted by molar-refractivity contribution is 5.99. The van der Waals surface area contributed by atoms with Crippen molar-refractivity contribution in [1.29, 1.82) is 0 Å². The van der Waals surface area contributed by atoms with Gasteiger partial charge in [-0.2, -0.15) is 5.10 Å². The fourth-order valence-corrected chi connectivity index (χ4v) is 4.54. The van der Waals surface area contributed by atoms with Crippen molar-refractivity contribution in [2.45, 2.75) is 38.5 Å². The lowest BCUT2D eigenvalue weighted by Gasteiger charge is -2.10. The van der Waals surface area contributed by atoms with E-state index in [4.69, 9.17) is 4.74 Å². The first kappa shape index (κ1) is 22.0. The van der Waals surface area contributed by atoms with Gasteiger partial charge in [0.15, 0.2) is 0 Å². The molecular weight excluding hydrogens is 422 g/mol. The molecule has 0 fully saturated rings. The summed E-state index contributed by atoms with van der Waals surface area (Å²) in [7, 11) is 0. The number of aromatic nitrogens is 1. The van der Waals surface area contributed by atoms with Gasteiger partial charge in [0, 0.05) is 22.2 Å². The predicted octanol–water partition coefficient (Wildman–Crippen LogP) is 5.82. The molecule has 2 N–H and O–H groups in total. The van der Waals surface area contributed by atoms with Crippen LogP contribution in [0.15, 0.2) is 77.9 Å². The molecule has 1 aliphatic rings. The summed E-state index contributed by atoms with van der Waals surface area (Å²) in [5.74, 6) is 0.625. The first-order valence-corrected chi connectivity index (χ1v) is 12.0. The van der Waals surface area contributed by atoms with E-state index in [0.717, 1.165) is 47.9 Å². The number of carbonyl (C=O) groups excluding carboxylic acids is 1. The van der Waals surface area contributed by atoms with E-state index in [1.807, 2.05) is 48.5 Å². The molecule has 1 aliphatic carbocycles. The fourth-order valence-electron chi connectivity index (χ4n) is 4.54. The van der Waals surface area contributed by atoms with Crippen LogP contribution >= 0.6 is 0 Å². The van der Waals surface area contributed by atoms with E-state index < -0.39 is 0 Å². The van der Waals surface area contributed by atoms with Crippen LogP contribution in [0.5, 0.6) is 5.75 Å². The Morgan fingerprint density at radius 1 is 1.00 bits per heavy atom. The molecular formula is C29H29N3O2. The Kier molecular flexibility index (Phi) is 6.71. The minimum Gasteiger partial charge on any atom is -0.494 e. The lowest BCUT2D eigenvalue weighted by molar-refractivity contribution is 0.0955. The zero-order valence-electron chi connectivity index (χ0n) is 19.2. The Morgan fingerprint density at radius 3 is 2.68 bits per heavy atom. The van der Waals surface area contributed by atoms with Crippen LogP contribution < -0.4 is 10.2 Å². The average Bonchev–Trinajstić information content (AvgIpc) is 3.26. The molecule has 0 bridgehead atoms. The maximum Gasteiger partial charge on any atom is 0.271 e. The number of ether oxygens (including phenoxy) is 1. The van der Waals surface area contributed by atoms with Gasteiger partial charge in [-0.05, 0) is 97.7 Å². The van der Waals surface area contributed by atoms with E-state index in [1.54, 1.807) is 6.21 Å². The van der Waals surface area contributed by atoms with E-state index >= 15 is 0 Å². The van der Waals surface area contributed by atoms with Gasteiger partial charge in [-0.15, -0.1) is 0 Å². The van der Waals surface area contributed by atoms with Gasteiger partial charge < -0.3 is 9.72 Å². The van der Waals surface area contributed by atoms with E-state index in [1.165, 1.54) is 29.7 Å². The van der Waals surface area contributed by atoms with E-state index in [9.17, 15) is 4.79 Å². The zero-order valence-corrected chi connectivity index (χ0v) is 19.2. The van der Waals surface area contributed by atoms with Crippen LogP contribution in [-0.2, 0) is 19.3 Å².